The zero-order valence-electron chi connectivity index (χ0n) is 9.69. The molecular weight excluding hydrogens is 206 g/mol. The van der Waals surface area contributed by atoms with Crippen molar-refractivity contribution in [1.82, 2.24) is 9.97 Å². The van der Waals surface area contributed by atoms with Gasteiger partial charge < -0.3 is 14.6 Å². The van der Waals surface area contributed by atoms with Crippen molar-refractivity contribution in [1.29, 1.82) is 0 Å². The minimum atomic E-state index is -0.110. The average molecular weight is 223 g/mol. The Hall–Kier alpha value is -1.36. The number of ether oxygens (including phenoxy) is 1. The van der Waals surface area contributed by atoms with Gasteiger partial charge in [0.1, 0.15) is 11.6 Å². The van der Waals surface area contributed by atoms with Crippen molar-refractivity contribution in [2.45, 2.75) is 25.9 Å². The zero-order valence-corrected chi connectivity index (χ0v) is 9.69. The first kappa shape index (κ1) is 11.1. The Bertz CT molecular complexity index is 410. The summed E-state index contributed by atoms with van der Waals surface area (Å²) < 4.78 is 5.55. The fourth-order valence-corrected chi connectivity index (χ4v) is 1.95. The van der Waals surface area contributed by atoms with E-state index in [0.717, 1.165) is 26.0 Å². The van der Waals surface area contributed by atoms with Crippen LogP contribution in [0.3, 0.4) is 0 Å². The van der Waals surface area contributed by atoms with Crippen molar-refractivity contribution >= 4 is 5.82 Å². The normalized spacial score (nSPS) is 20.0. The first-order valence-electron chi connectivity index (χ1n) is 5.56. The molecule has 16 heavy (non-hydrogen) atoms. The summed E-state index contributed by atoms with van der Waals surface area (Å²) in [7, 11) is 1.93. The molecule has 1 unspecified atom stereocenters. The average Bonchev–Trinajstić information content (AvgIpc) is 2.68. The van der Waals surface area contributed by atoms with Gasteiger partial charge in [-0.05, 0) is 19.8 Å². The van der Waals surface area contributed by atoms with Gasteiger partial charge in [-0.25, -0.2) is 4.98 Å². The van der Waals surface area contributed by atoms with E-state index in [4.69, 9.17) is 4.74 Å². The number of aryl methyl sites for hydroxylation is 1. The molecule has 0 saturated carbocycles. The van der Waals surface area contributed by atoms with Gasteiger partial charge in [0.2, 0.25) is 0 Å². The number of nitrogens with one attached hydrogen (secondary N) is 1. The highest BCUT2D eigenvalue weighted by Gasteiger charge is 2.18. The molecule has 1 N–H and O–H groups in total. The SMILES string of the molecule is Cc1nc(N(C)CC2CCCO2)cc(=O)[nH]1. The molecule has 1 aromatic rings. The largest absolute Gasteiger partial charge is 0.376 e. The second kappa shape index (κ2) is 4.65. The van der Waals surface area contributed by atoms with Crippen molar-refractivity contribution in [2.75, 3.05) is 25.1 Å². The Labute approximate surface area is 94.5 Å². The Morgan fingerprint density at radius 2 is 2.50 bits per heavy atom. The third kappa shape index (κ3) is 2.61. The molecule has 0 spiro atoms. The lowest BCUT2D eigenvalue weighted by Crippen LogP contribution is -2.30. The quantitative estimate of drug-likeness (QED) is 0.819. The highest BCUT2D eigenvalue weighted by Crippen LogP contribution is 2.15. The summed E-state index contributed by atoms with van der Waals surface area (Å²) in [6.45, 7) is 3.42. The van der Waals surface area contributed by atoms with Crippen LogP contribution in [0.5, 0.6) is 0 Å². The van der Waals surface area contributed by atoms with Gasteiger partial charge in [-0.1, -0.05) is 0 Å². The maximum Gasteiger partial charge on any atom is 0.252 e. The first-order valence-corrected chi connectivity index (χ1v) is 5.56. The van der Waals surface area contributed by atoms with E-state index >= 15 is 0 Å². The second-order valence-electron chi connectivity index (χ2n) is 4.20. The molecule has 5 nitrogen and oxygen atoms in total. The van der Waals surface area contributed by atoms with Crippen molar-refractivity contribution in [3.05, 3.63) is 22.2 Å². The van der Waals surface area contributed by atoms with Crippen molar-refractivity contribution in [3.8, 4) is 0 Å². The lowest BCUT2D eigenvalue weighted by atomic mass is 10.2. The standard InChI is InChI=1S/C11H17N3O2/c1-8-12-10(6-11(15)13-8)14(2)7-9-4-3-5-16-9/h6,9H,3-5,7H2,1-2H3,(H,12,13,15). The summed E-state index contributed by atoms with van der Waals surface area (Å²) >= 11 is 0. The van der Waals surface area contributed by atoms with Crippen LogP contribution in [0.15, 0.2) is 10.9 Å². The first-order chi connectivity index (χ1) is 7.65. The minimum absolute atomic E-state index is 0.110. The van der Waals surface area contributed by atoms with E-state index in [1.165, 1.54) is 6.07 Å². The molecule has 1 aliphatic rings. The van der Waals surface area contributed by atoms with Crippen LogP contribution >= 0.6 is 0 Å². The maximum atomic E-state index is 11.3. The molecule has 0 aromatic carbocycles. The third-order valence-electron chi connectivity index (χ3n) is 2.74. The predicted octanol–water partition coefficient (Wildman–Crippen LogP) is 0.694. The van der Waals surface area contributed by atoms with E-state index in [2.05, 4.69) is 9.97 Å². The van der Waals surface area contributed by atoms with E-state index in [1.54, 1.807) is 6.92 Å². The van der Waals surface area contributed by atoms with E-state index in [1.807, 2.05) is 11.9 Å². The summed E-state index contributed by atoms with van der Waals surface area (Å²) in [5.41, 5.74) is -0.110. The van der Waals surface area contributed by atoms with Crippen LogP contribution in [0.4, 0.5) is 5.82 Å². The lowest BCUT2D eigenvalue weighted by molar-refractivity contribution is 0.116. The fourth-order valence-electron chi connectivity index (χ4n) is 1.95. The van der Waals surface area contributed by atoms with Crippen LogP contribution in [-0.4, -0.2) is 36.3 Å². The summed E-state index contributed by atoms with van der Waals surface area (Å²) in [5.74, 6) is 1.35. The van der Waals surface area contributed by atoms with Gasteiger partial charge in [-0.2, -0.15) is 0 Å². The number of hydrogen-bond donors (Lipinski definition) is 1. The van der Waals surface area contributed by atoms with Crippen LogP contribution in [-0.2, 0) is 4.74 Å². The molecular formula is C11H17N3O2. The highest BCUT2D eigenvalue weighted by molar-refractivity contribution is 5.36. The van der Waals surface area contributed by atoms with E-state index in [0.29, 0.717) is 11.6 Å². The van der Waals surface area contributed by atoms with E-state index < -0.39 is 0 Å². The van der Waals surface area contributed by atoms with Crippen LogP contribution in [0.2, 0.25) is 0 Å². The molecule has 0 amide bonds. The lowest BCUT2D eigenvalue weighted by Gasteiger charge is -2.21. The molecule has 2 heterocycles. The minimum Gasteiger partial charge on any atom is -0.376 e. The Morgan fingerprint density at radius 3 is 3.12 bits per heavy atom. The molecule has 1 aromatic heterocycles. The fraction of sp³-hybridized carbons (Fsp3) is 0.636. The summed E-state index contributed by atoms with van der Waals surface area (Å²) in [6, 6.07) is 1.52. The van der Waals surface area contributed by atoms with Gasteiger partial charge in [0.15, 0.2) is 0 Å². The van der Waals surface area contributed by atoms with Crippen molar-refractivity contribution < 1.29 is 4.74 Å². The molecule has 0 aliphatic carbocycles. The summed E-state index contributed by atoms with van der Waals surface area (Å²) in [4.78, 5) is 20.2. The summed E-state index contributed by atoms with van der Waals surface area (Å²) in [6.07, 6.45) is 2.48. The Balaban J connectivity index is 2.07. The number of nitrogens with zero attached hydrogens (tertiary/aromatic N) is 2. The van der Waals surface area contributed by atoms with Crippen LogP contribution in [0.25, 0.3) is 0 Å². The summed E-state index contributed by atoms with van der Waals surface area (Å²) in [5, 5.41) is 0. The molecule has 0 bridgehead atoms. The van der Waals surface area contributed by atoms with Gasteiger partial charge in [0, 0.05) is 26.3 Å². The van der Waals surface area contributed by atoms with Gasteiger partial charge in [-0.15, -0.1) is 0 Å². The molecule has 1 atom stereocenters. The van der Waals surface area contributed by atoms with Gasteiger partial charge >= 0.3 is 0 Å². The Kier molecular flexibility index (Phi) is 3.24. The van der Waals surface area contributed by atoms with Crippen LogP contribution in [0, 0.1) is 6.92 Å². The van der Waals surface area contributed by atoms with Crippen LogP contribution in [0.1, 0.15) is 18.7 Å². The number of H-pyrrole nitrogens is 1. The van der Waals surface area contributed by atoms with Crippen molar-refractivity contribution in [2.24, 2.45) is 0 Å². The number of aromatic amines is 1. The molecule has 88 valence electrons. The Morgan fingerprint density at radius 1 is 1.69 bits per heavy atom. The third-order valence-corrected chi connectivity index (χ3v) is 2.74. The van der Waals surface area contributed by atoms with Gasteiger partial charge in [0.25, 0.3) is 5.56 Å². The monoisotopic (exact) mass is 223 g/mol. The maximum absolute atomic E-state index is 11.3. The number of rotatable bonds is 3. The van der Waals surface area contributed by atoms with Gasteiger partial charge in [-0.3, -0.25) is 4.79 Å². The van der Waals surface area contributed by atoms with Gasteiger partial charge in [0.05, 0.1) is 6.10 Å². The number of anilines is 1. The zero-order chi connectivity index (χ0) is 11.5. The smallest absolute Gasteiger partial charge is 0.252 e. The number of aromatic nitrogens is 2. The number of likely N-dealkylation sites (N-methyl/N-ethyl adjacent to an activating group) is 1. The molecule has 2 rings (SSSR count). The molecule has 0 radical (unpaired) electrons. The highest BCUT2D eigenvalue weighted by atomic mass is 16.5. The van der Waals surface area contributed by atoms with E-state index in [9.17, 15) is 4.79 Å². The topological polar surface area (TPSA) is 58.2 Å². The molecule has 1 aliphatic heterocycles. The second-order valence-corrected chi connectivity index (χ2v) is 4.20. The van der Waals surface area contributed by atoms with E-state index in [-0.39, 0.29) is 11.7 Å². The molecule has 1 fully saturated rings. The van der Waals surface area contributed by atoms with Crippen molar-refractivity contribution in [3.63, 3.8) is 0 Å². The predicted molar refractivity (Wildman–Crippen MR) is 61.8 cm³/mol. The number of hydrogen-bond acceptors (Lipinski definition) is 4. The molecule has 5 heteroatoms. The molecule has 1 saturated heterocycles. The van der Waals surface area contributed by atoms with Crippen LogP contribution < -0.4 is 10.5 Å².